The third kappa shape index (κ3) is 4.91. The summed E-state index contributed by atoms with van der Waals surface area (Å²) in [5.74, 6) is 1.78. The lowest BCUT2D eigenvalue weighted by molar-refractivity contribution is 0.309. The quantitative estimate of drug-likeness (QED) is 0.618. The van der Waals surface area contributed by atoms with E-state index in [0.717, 1.165) is 31.2 Å². The first-order chi connectivity index (χ1) is 10.7. The first-order valence-corrected chi connectivity index (χ1v) is 8.00. The predicted molar refractivity (Wildman–Crippen MR) is 91.7 cm³/mol. The van der Waals surface area contributed by atoms with Crippen LogP contribution >= 0.6 is 0 Å². The van der Waals surface area contributed by atoms with Gasteiger partial charge in [-0.15, -0.1) is 0 Å². The second-order valence-corrected chi connectivity index (χ2v) is 5.75. The molecule has 22 heavy (non-hydrogen) atoms. The number of nitrogens with zero attached hydrogens (tertiary/aromatic N) is 2. The van der Waals surface area contributed by atoms with Crippen molar-refractivity contribution in [1.82, 2.24) is 15.5 Å². The van der Waals surface area contributed by atoms with Gasteiger partial charge in [0, 0.05) is 26.2 Å². The van der Waals surface area contributed by atoms with Crippen LogP contribution in [0, 0.1) is 0 Å². The Morgan fingerprint density at radius 2 is 2.09 bits per heavy atom. The molecule has 122 valence electrons. The molecular formula is C17H28N4O. The Hall–Kier alpha value is -1.75. The van der Waals surface area contributed by atoms with Crippen LogP contribution in [-0.4, -0.2) is 57.7 Å². The van der Waals surface area contributed by atoms with E-state index in [1.54, 1.807) is 7.11 Å². The molecule has 1 aliphatic heterocycles. The van der Waals surface area contributed by atoms with Crippen LogP contribution in [-0.2, 0) is 6.42 Å². The second-order valence-electron chi connectivity index (χ2n) is 5.75. The first-order valence-electron chi connectivity index (χ1n) is 8.00. The average Bonchev–Trinajstić information content (AvgIpc) is 2.96. The van der Waals surface area contributed by atoms with Gasteiger partial charge in [-0.2, -0.15) is 0 Å². The summed E-state index contributed by atoms with van der Waals surface area (Å²) in [6.45, 7) is 3.03. The summed E-state index contributed by atoms with van der Waals surface area (Å²) in [5, 5.41) is 6.80. The Morgan fingerprint density at radius 1 is 1.32 bits per heavy atom. The zero-order valence-electron chi connectivity index (χ0n) is 13.9. The third-order valence-corrected chi connectivity index (χ3v) is 4.27. The van der Waals surface area contributed by atoms with Gasteiger partial charge in [0.15, 0.2) is 5.96 Å². The molecular weight excluding hydrogens is 276 g/mol. The molecule has 1 aliphatic rings. The van der Waals surface area contributed by atoms with E-state index < -0.39 is 0 Å². The molecule has 1 atom stereocenters. The highest BCUT2D eigenvalue weighted by Gasteiger charge is 2.20. The molecule has 2 rings (SSSR count). The lowest BCUT2D eigenvalue weighted by atomic mass is 10.1. The maximum atomic E-state index is 5.17. The summed E-state index contributed by atoms with van der Waals surface area (Å²) in [6.07, 6.45) is 3.53. The molecule has 1 unspecified atom stereocenters. The molecule has 1 saturated heterocycles. The van der Waals surface area contributed by atoms with Crippen LogP contribution in [0.25, 0.3) is 0 Å². The molecule has 0 spiro atoms. The highest BCUT2D eigenvalue weighted by molar-refractivity contribution is 5.79. The van der Waals surface area contributed by atoms with E-state index in [4.69, 9.17) is 4.74 Å². The fourth-order valence-corrected chi connectivity index (χ4v) is 2.79. The Balaban J connectivity index is 1.69. The number of methoxy groups -OCH3 is 1. The van der Waals surface area contributed by atoms with Gasteiger partial charge >= 0.3 is 0 Å². The van der Waals surface area contributed by atoms with Crippen LogP contribution in [0.15, 0.2) is 29.3 Å². The van der Waals surface area contributed by atoms with Gasteiger partial charge in [-0.25, -0.2) is 0 Å². The molecule has 5 heteroatoms. The molecule has 1 fully saturated rings. The van der Waals surface area contributed by atoms with Crippen molar-refractivity contribution >= 4 is 5.96 Å². The number of hydrogen-bond acceptors (Lipinski definition) is 3. The third-order valence-electron chi connectivity index (χ3n) is 4.27. The van der Waals surface area contributed by atoms with Gasteiger partial charge in [0.2, 0.25) is 0 Å². The molecule has 0 aliphatic carbocycles. The second kappa shape index (κ2) is 8.63. The van der Waals surface area contributed by atoms with E-state index in [-0.39, 0.29) is 0 Å². The number of ether oxygens (including phenoxy) is 1. The highest BCUT2D eigenvalue weighted by atomic mass is 16.5. The number of nitrogens with one attached hydrogen (secondary N) is 2. The summed E-state index contributed by atoms with van der Waals surface area (Å²) in [5.41, 5.74) is 1.29. The summed E-state index contributed by atoms with van der Waals surface area (Å²) >= 11 is 0. The summed E-state index contributed by atoms with van der Waals surface area (Å²) < 4.78 is 5.17. The number of rotatable bonds is 6. The van der Waals surface area contributed by atoms with Gasteiger partial charge in [0.25, 0.3) is 0 Å². The predicted octanol–water partition coefficient (Wildman–Crippen LogP) is 1.50. The van der Waals surface area contributed by atoms with E-state index in [2.05, 4.69) is 39.7 Å². The number of likely N-dealkylation sites (N-methyl/N-ethyl adjacent to an activating group) is 1. The summed E-state index contributed by atoms with van der Waals surface area (Å²) in [7, 11) is 5.70. The zero-order valence-corrected chi connectivity index (χ0v) is 13.9. The minimum absolute atomic E-state index is 0.625. The topological polar surface area (TPSA) is 48.9 Å². The van der Waals surface area contributed by atoms with E-state index in [1.807, 2.05) is 19.2 Å². The van der Waals surface area contributed by atoms with Crippen LogP contribution < -0.4 is 15.4 Å². The molecule has 1 aromatic carbocycles. The van der Waals surface area contributed by atoms with Gasteiger partial charge in [-0.3, -0.25) is 4.99 Å². The van der Waals surface area contributed by atoms with Gasteiger partial charge in [-0.1, -0.05) is 12.1 Å². The van der Waals surface area contributed by atoms with Gasteiger partial charge in [0.1, 0.15) is 5.75 Å². The van der Waals surface area contributed by atoms with Crippen molar-refractivity contribution in [3.05, 3.63) is 29.8 Å². The van der Waals surface area contributed by atoms with E-state index in [9.17, 15) is 0 Å². The van der Waals surface area contributed by atoms with Crippen molar-refractivity contribution in [2.45, 2.75) is 25.3 Å². The van der Waals surface area contributed by atoms with E-state index in [1.165, 1.54) is 24.9 Å². The lowest BCUT2D eigenvalue weighted by Crippen LogP contribution is -2.44. The number of hydrogen-bond donors (Lipinski definition) is 2. The van der Waals surface area contributed by atoms with Crippen LogP contribution in [0.2, 0.25) is 0 Å². The maximum Gasteiger partial charge on any atom is 0.191 e. The van der Waals surface area contributed by atoms with Gasteiger partial charge < -0.3 is 20.3 Å². The van der Waals surface area contributed by atoms with Crippen LogP contribution in [0.1, 0.15) is 18.4 Å². The molecule has 1 heterocycles. The Kier molecular flexibility index (Phi) is 6.52. The number of aliphatic imine (C=N–C) groups is 1. The fourth-order valence-electron chi connectivity index (χ4n) is 2.79. The molecule has 5 nitrogen and oxygen atoms in total. The molecule has 1 aromatic rings. The van der Waals surface area contributed by atoms with Crippen molar-refractivity contribution in [2.24, 2.45) is 4.99 Å². The summed E-state index contributed by atoms with van der Waals surface area (Å²) in [4.78, 5) is 6.70. The van der Waals surface area contributed by atoms with Crippen LogP contribution in [0.5, 0.6) is 5.75 Å². The van der Waals surface area contributed by atoms with Crippen molar-refractivity contribution in [2.75, 3.05) is 40.8 Å². The normalized spacial score (nSPS) is 19.2. The van der Waals surface area contributed by atoms with Crippen LogP contribution in [0.3, 0.4) is 0 Å². The van der Waals surface area contributed by atoms with E-state index in [0.29, 0.717) is 6.04 Å². The van der Waals surface area contributed by atoms with Crippen molar-refractivity contribution in [1.29, 1.82) is 0 Å². The minimum atomic E-state index is 0.625. The first kappa shape index (κ1) is 16.6. The van der Waals surface area contributed by atoms with Crippen LogP contribution in [0.4, 0.5) is 0 Å². The summed E-state index contributed by atoms with van der Waals surface area (Å²) in [6, 6.07) is 8.82. The standard InChI is InChI=1S/C17H28N4O/c1-18-17(20-13-15-5-4-12-21(15)2)19-11-10-14-6-8-16(22-3)9-7-14/h6-9,15H,4-5,10-13H2,1-3H3,(H2,18,19,20). The highest BCUT2D eigenvalue weighted by Crippen LogP contribution is 2.13. The molecule has 0 aromatic heterocycles. The Labute approximate surface area is 133 Å². The SMILES string of the molecule is CN=C(NCCc1ccc(OC)cc1)NCC1CCCN1C. The average molecular weight is 304 g/mol. The number of benzene rings is 1. The lowest BCUT2D eigenvalue weighted by Gasteiger charge is -2.21. The molecule has 0 saturated carbocycles. The zero-order chi connectivity index (χ0) is 15.8. The Morgan fingerprint density at radius 3 is 2.68 bits per heavy atom. The van der Waals surface area contributed by atoms with E-state index >= 15 is 0 Å². The molecule has 2 N–H and O–H groups in total. The van der Waals surface area contributed by atoms with Gasteiger partial charge in [0.05, 0.1) is 7.11 Å². The monoisotopic (exact) mass is 304 g/mol. The van der Waals surface area contributed by atoms with Crippen molar-refractivity contribution in [3.63, 3.8) is 0 Å². The van der Waals surface area contributed by atoms with Crippen molar-refractivity contribution < 1.29 is 4.74 Å². The number of likely N-dealkylation sites (tertiary alicyclic amines) is 1. The van der Waals surface area contributed by atoms with Gasteiger partial charge in [-0.05, 0) is 50.6 Å². The molecule has 0 bridgehead atoms. The van der Waals surface area contributed by atoms with Crippen molar-refractivity contribution in [3.8, 4) is 5.75 Å². The number of guanidine groups is 1. The maximum absolute atomic E-state index is 5.17. The Bertz CT molecular complexity index is 472. The minimum Gasteiger partial charge on any atom is -0.497 e. The molecule has 0 amide bonds. The molecule has 0 radical (unpaired) electrons. The fraction of sp³-hybridized carbons (Fsp3) is 0.588. The largest absolute Gasteiger partial charge is 0.497 e. The smallest absolute Gasteiger partial charge is 0.191 e.